The third kappa shape index (κ3) is 3.85. The molecule has 2 rings (SSSR count). The molecule has 4 heteroatoms. The van der Waals surface area contributed by atoms with Gasteiger partial charge in [-0.2, -0.15) is 0 Å². The zero-order chi connectivity index (χ0) is 12.3. The Morgan fingerprint density at radius 2 is 1.88 bits per heavy atom. The summed E-state index contributed by atoms with van der Waals surface area (Å²) < 4.78 is 0. The Hall–Kier alpha value is -0.280. The topological polar surface area (TPSA) is 8.88 Å². The van der Waals surface area contributed by atoms with Crippen molar-refractivity contribution in [2.24, 2.45) is 0 Å². The van der Waals surface area contributed by atoms with Gasteiger partial charge in [0.25, 0.3) is 0 Å². The van der Waals surface area contributed by atoms with E-state index in [1.165, 1.54) is 38.2 Å². The lowest BCUT2D eigenvalue weighted by atomic mass is 10.2. The number of nitrogens with one attached hydrogen (secondary N) is 2. The van der Waals surface area contributed by atoms with Crippen molar-refractivity contribution in [2.45, 2.75) is 13.0 Å². The molecule has 0 spiro atoms. The van der Waals surface area contributed by atoms with E-state index in [0.717, 1.165) is 6.54 Å². The minimum Gasteiger partial charge on any atom is -0.333 e. The van der Waals surface area contributed by atoms with Crippen molar-refractivity contribution in [1.82, 2.24) is 0 Å². The Labute approximate surface area is 113 Å². The Morgan fingerprint density at radius 3 is 2.65 bits per heavy atom. The molecule has 94 valence electrons. The number of halogens is 2. The van der Waals surface area contributed by atoms with Gasteiger partial charge in [-0.05, 0) is 12.1 Å². The van der Waals surface area contributed by atoms with Crippen LogP contribution >= 0.6 is 23.2 Å². The lowest BCUT2D eigenvalue weighted by Crippen LogP contribution is -3.15. The third-order valence-corrected chi connectivity index (χ3v) is 4.22. The second-order valence-electron chi connectivity index (χ2n) is 4.99. The van der Waals surface area contributed by atoms with Crippen LogP contribution in [0.15, 0.2) is 18.2 Å². The predicted octanol–water partition coefficient (Wildman–Crippen LogP) is 0.297. The standard InChI is InChI=1S/C13H18Cl2N2/c1-16-5-2-6-17(8-7-16)10-11-3-4-12(14)13(15)9-11/h3-4,9H,2,5-8,10H2,1H3/p+2. The molecule has 2 nitrogen and oxygen atoms in total. The molecule has 1 aliphatic heterocycles. The van der Waals surface area contributed by atoms with E-state index in [0.29, 0.717) is 10.0 Å². The molecule has 0 radical (unpaired) electrons. The first kappa shape index (κ1) is 13.2. The average molecular weight is 275 g/mol. The van der Waals surface area contributed by atoms with E-state index < -0.39 is 0 Å². The second-order valence-corrected chi connectivity index (χ2v) is 5.80. The van der Waals surface area contributed by atoms with E-state index >= 15 is 0 Å². The van der Waals surface area contributed by atoms with Crippen LogP contribution in [-0.2, 0) is 6.54 Å². The molecule has 1 fully saturated rings. The summed E-state index contributed by atoms with van der Waals surface area (Å²) >= 11 is 12.0. The number of rotatable bonds is 2. The van der Waals surface area contributed by atoms with Gasteiger partial charge in [-0.1, -0.05) is 29.3 Å². The van der Waals surface area contributed by atoms with E-state index in [4.69, 9.17) is 23.2 Å². The molecule has 2 unspecified atom stereocenters. The minimum atomic E-state index is 0.644. The highest BCUT2D eigenvalue weighted by molar-refractivity contribution is 6.41. The van der Waals surface area contributed by atoms with E-state index in [1.54, 1.807) is 9.80 Å². The second kappa shape index (κ2) is 6.05. The van der Waals surface area contributed by atoms with Crippen LogP contribution in [0, 0.1) is 0 Å². The van der Waals surface area contributed by atoms with Crippen LogP contribution in [0.3, 0.4) is 0 Å². The SMILES string of the molecule is C[NH+]1CCC[NH+](Cc2ccc(Cl)c(Cl)c2)CC1. The normalized spacial score (nSPS) is 25.6. The zero-order valence-electron chi connectivity index (χ0n) is 10.2. The molecule has 0 bridgehead atoms. The monoisotopic (exact) mass is 274 g/mol. The van der Waals surface area contributed by atoms with Crippen molar-refractivity contribution < 1.29 is 9.80 Å². The molecule has 0 aromatic heterocycles. The maximum atomic E-state index is 6.04. The number of hydrogen-bond acceptors (Lipinski definition) is 0. The summed E-state index contributed by atoms with van der Waals surface area (Å²) in [6.45, 7) is 6.12. The highest BCUT2D eigenvalue weighted by Crippen LogP contribution is 2.22. The van der Waals surface area contributed by atoms with Gasteiger partial charge in [-0.15, -0.1) is 0 Å². The first-order chi connectivity index (χ1) is 8.15. The maximum absolute atomic E-state index is 6.04. The minimum absolute atomic E-state index is 0.644. The Bertz CT molecular complexity index is 382. The van der Waals surface area contributed by atoms with Gasteiger partial charge < -0.3 is 9.80 Å². The van der Waals surface area contributed by atoms with Crippen LogP contribution in [0.2, 0.25) is 10.0 Å². The van der Waals surface area contributed by atoms with Crippen molar-refractivity contribution in [1.29, 1.82) is 0 Å². The zero-order valence-corrected chi connectivity index (χ0v) is 11.7. The summed E-state index contributed by atoms with van der Waals surface area (Å²) in [6.07, 6.45) is 1.31. The number of benzene rings is 1. The summed E-state index contributed by atoms with van der Waals surface area (Å²) in [6, 6.07) is 5.98. The van der Waals surface area contributed by atoms with E-state index in [-0.39, 0.29) is 0 Å². The molecule has 1 aromatic rings. The fraction of sp³-hybridized carbons (Fsp3) is 0.538. The van der Waals surface area contributed by atoms with Crippen LogP contribution in [-0.4, -0.2) is 33.2 Å². The van der Waals surface area contributed by atoms with Gasteiger partial charge in [0.15, 0.2) is 0 Å². The van der Waals surface area contributed by atoms with Gasteiger partial charge >= 0.3 is 0 Å². The molecule has 1 aliphatic rings. The molecule has 1 aromatic carbocycles. The molecule has 1 heterocycles. The van der Waals surface area contributed by atoms with Crippen molar-refractivity contribution in [3.05, 3.63) is 33.8 Å². The molecular weight excluding hydrogens is 255 g/mol. The Kier molecular flexibility index (Phi) is 4.69. The van der Waals surface area contributed by atoms with Gasteiger partial charge in [0, 0.05) is 12.0 Å². The quantitative estimate of drug-likeness (QED) is 0.768. The fourth-order valence-electron chi connectivity index (χ4n) is 2.40. The summed E-state index contributed by atoms with van der Waals surface area (Å²) in [5, 5.41) is 1.31. The van der Waals surface area contributed by atoms with E-state index in [9.17, 15) is 0 Å². The summed E-state index contributed by atoms with van der Waals surface area (Å²) in [5.41, 5.74) is 1.29. The van der Waals surface area contributed by atoms with Crippen molar-refractivity contribution >= 4 is 23.2 Å². The van der Waals surface area contributed by atoms with Crippen LogP contribution in [0.5, 0.6) is 0 Å². The summed E-state index contributed by atoms with van der Waals surface area (Å²) in [5.74, 6) is 0. The van der Waals surface area contributed by atoms with Crippen molar-refractivity contribution in [2.75, 3.05) is 33.2 Å². The van der Waals surface area contributed by atoms with Crippen LogP contribution in [0.4, 0.5) is 0 Å². The first-order valence-corrected chi connectivity index (χ1v) is 6.99. The van der Waals surface area contributed by atoms with E-state index in [2.05, 4.69) is 13.1 Å². The number of quaternary nitrogens is 2. The average Bonchev–Trinajstić information content (AvgIpc) is 2.49. The van der Waals surface area contributed by atoms with Gasteiger partial charge in [-0.3, -0.25) is 0 Å². The molecule has 17 heavy (non-hydrogen) atoms. The molecule has 2 N–H and O–H groups in total. The fourth-order valence-corrected chi connectivity index (χ4v) is 2.72. The van der Waals surface area contributed by atoms with Crippen LogP contribution in [0.25, 0.3) is 0 Å². The highest BCUT2D eigenvalue weighted by atomic mass is 35.5. The number of likely N-dealkylation sites (N-methyl/N-ethyl adjacent to an activating group) is 1. The maximum Gasteiger partial charge on any atom is 0.127 e. The highest BCUT2D eigenvalue weighted by Gasteiger charge is 2.17. The molecule has 0 amide bonds. The number of hydrogen-bond donors (Lipinski definition) is 2. The first-order valence-electron chi connectivity index (χ1n) is 6.24. The van der Waals surface area contributed by atoms with Crippen molar-refractivity contribution in [3.8, 4) is 0 Å². The summed E-state index contributed by atoms with van der Waals surface area (Å²) in [7, 11) is 2.28. The molecule has 1 saturated heterocycles. The van der Waals surface area contributed by atoms with Gasteiger partial charge in [0.05, 0.1) is 30.2 Å². The molecule has 0 saturated carbocycles. The van der Waals surface area contributed by atoms with Gasteiger partial charge in [0.1, 0.15) is 19.6 Å². The molecular formula is C13H20Cl2N2+2. The summed E-state index contributed by atoms with van der Waals surface area (Å²) in [4.78, 5) is 3.30. The van der Waals surface area contributed by atoms with Crippen LogP contribution in [0.1, 0.15) is 12.0 Å². The van der Waals surface area contributed by atoms with Gasteiger partial charge in [0.2, 0.25) is 0 Å². The third-order valence-electron chi connectivity index (χ3n) is 3.48. The Morgan fingerprint density at radius 1 is 1.06 bits per heavy atom. The van der Waals surface area contributed by atoms with Crippen LogP contribution < -0.4 is 9.80 Å². The lowest BCUT2D eigenvalue weighted by molar-refractivity contribution is -0.938. The Balaban J connectivity index is 1.97. The van der Waals surface area contributed by atoms with E-state index in [1.807, 2.05) is 12.1 Å². The van der Waals surface area contributed by atoms with Gasteiger partial charge in [-0.25, -0.2) is 0 Å². The predicted molar refractivity (Wildman–Crippen MR) is 72.1 cm³/mol. The smallest absolute Gasteiger partial charge is 0.127 e. The van der Waals surface area contributed by atoms with Crippen molar-refractivity contribution in [3.63, 3.8) is 0 Å². The lowest BCUT2D eigenvalue weighted by Gasteiger charge is -2.16. The largest absolute Gasteiger partial charge is 0.333 e. The molecule has 0 aliphatic carbocycles. The molecule has 2 atom stereocenters.